The van der Waals surface area contributed by atoms with E-state index in [1.807, 2.05) is 20.8 Å². The number of hydrogen-bond acceptors (Lipinski definition) is 4. The van der Waals surface area contributed by atoms with Gasteiger partial charge in [-0.25, -0.2) is 4.98 Å². The van der Waals surface area contributed by atoms with Crippen LogP contribution in [0.1, 0.15) is 44.0 Å². The maximum atomic E-state index is 12.7. The van der Waals surface area contributed by atoms with Gasteiger partial charge in [-0.2, -0.15) is 0 Å². The van der Waals surface area contributed by atoms with Crippen LogP contribution in [0.2, 0.25) is 5.02 Å². The first-order valence-corrected chi connectivity index (χ1v) is 8.10. The van der Waals surface area contributed by atoms with Gasteiger partial charge in [0.2, 0.25) is 11.8 Å². The van der Waals surface area contributed by atoms with Crippen LogP contribution in [0.25, 0.3) is 0 Å². The number of halogens is 1. The van der Waals surface area contributed by atoms with E-state index in [-0.39, 0.29) is 29.9 Å². The van der Waals surface area contributed by atoms with E-state index >= 15 is 0 Å². The third-order valence-corrected chi connectivity index (χ3v) is 4.22. The van der Waals surface area contributed by atoms with E-state index < -0.39 is 0 Å². The Morgan fingerprint density at radius 3 is 2.70 bits per heavy atom. The molecule has 1 fully saturated rings. The molecule has 0 radical (unpaired) electrons. The number of piperidine rings is 1. The molecule has 1 saturated heterocycles. The van der Waals surface area contributed by atoms with Crippen molar-refractivity contribution in [2.24, 2.45) is 11.7 Å². The van der Waals surface area contributed by atoms with Crippen LogP contribution in [0.4, 0.5) is 0 Å². The van der Waals surface area contributed by atoms with Crippen molar-refractivity contribution < 1.29 is 14.3 Å². The Kier molecular flexibility index (Phi) is 5.46. The van der Waals surface area contributed by atoms with Crippen LogP contribution in [-0.2, 0) is 4.79 Å². The molecule has 126 valence electrons. The van der Waals surface area contributed by atoms with Gasteiger partial charge >= 0.3 is 0 Å². The molecule has 0 aliphatic carbocycles. The van der Waals surface area contributed by atoms with Gasteiger partial charge in [0.05, 0.1) is 17.6 Å². The number of likely N-dealkylation sites (tertiary alicyclic amines) is 1. The average molecular weight is 340 g/mol. The predicted octanol–water partition coefficient (Wildman–Crippen LogP) is 2.25. The van der Waals surface area contributed by atoms with Crippen LogP contribution >= 0.6 is 11.6 Å². The summed E-state index contributed by atoms with van der Waals surface area (Å²) in [5.41, 5.74) is 5.75. The number of hydrogen-bond donors (Lipinski definition) is 1. The number of aromatic nitrogens is 1. The quantitative estimate of drug-likeness (QED) is 0.911. The monoisotopic (exact) mass is 339 g/mol. The van der Waals surface area contributed by atoms with Gasteiger partial charge < -0.3 is 15.4 Å². The molecule has 0 unspecified atom stereocenters. The number of rotatable bonds is 4. The second-order valence-corrected chi connectivity index (χ2v) is 6.57. The Morgan fingerprint density at radius 1 is 1.43 bits per heavy atom. The number of primary amides is 1. The first-order valence-electron chi connectivity index (χ1n) is 7.72. The van der Waals surface area contributed by atoms with E-state index in [2.05, 4.69) is 4.98 Å². The maximum absolute atomic E-state index is 12.7. The summed E-state index contributed by atoms with van der Waals surface area (Å²) in [7, 11) is 0. The Balaban J connectivity index is 2.18. The topological polar surface area (TPSA) is 85.5 Å². The van der Waals surface area contributed by atoms with Crippen LogP contribution in [0.15, 0.2) is 12.3 Å². The smallest absolute Gasteiger partial charge is 0.255 e. The fourth-order valence-electron chi connectivity index (χ4n) is 2.64. The first-order chi connectivity index (χ1) is 10.8. The zero-order valence-corrected chi connectivity index (χ0v) is 14.3. The van der Waals surface area contributed by atoms with Crippen LogP contribution in [-0.4, -0.2) is 40.4 Å². The molecule has 0 aromatic carbocycles. The van der Waals surface area contributed by atoms with E-state index in [0.29, 0.717) is 29.4 Å². The number of carbonyl (C=O) groups is 2. The molecule has 7 heteroatoms. The molecule has 23 heavy (non-hydrogen) atoms. The highest BCUT2D eigenvalue weighted by molar-refractivity contribution is 6.32. The fraction of sp³-hybridized carbons (Fsp3) is 0.562. The van der Waals surface area contributed by atoms with Crippen molar-refractivity contribution in [3.05, 3.63) is 22.8 Å². The minimum Gasteiger partial charge on any atom is -0.474 e. The number of pyridine rings is 1. The summed E-state index contributed by atoms with van der Waals surface area (Å²) >= 11 is 6.14. The lowest BCUT2D eigenvalue weighted by atomic mass is 9.92. The molecule has 2 amide bonds. The van der Waals surface area contributed by atoms with Crippen molar-refractivity contribution in [1.82, 2.24) is 9.88 Å². The minimum atomic E-state index is -0.369. The normalized spacial score (nSPS) is 21.3. The second-order valence-electron chi connectivity index (χ2n) is 6.16. The standard InChI is InChI=1S/C16H22ClN3O3/c1-9(2)23-15-13(17)6-12(7-19-15)16(22)20-8-11(14(18)21)5-4-10(20)3/h6-7,9-11H,4-5,8H2,1-3H3,(H2,18,21)/t10-,11-/m1/s1. The van der Waals surface area contributed by atoms with Gasteiger partial charge in [-0.3, -0.25) is 9.59 Å². The Morgan fingerprint density at radius 2 is 2.13 bits per heavy atom. The van der Waals surface area contributed by atoms with Crippen molar-refractivity contribution in [1.29, 1.82) is 0 Å². The van der Waals surface area contributed by atoms with E-state index in [4.69, 9.17) is 22.1 Å². The largest absolute Gasteiger partial charge is 0.474 e. The highest BCUT2D eigenvalue weighted by atomic mass is 35.5. The number of carbonyl (C=O) groups excluding carboxylic acids is 2. The highest BCUT2D eigenvalue weighted by Crippen LogP contribution is 2.27. The fourth-order valence-corrected chi connectivity index (χ4v) is 2.85. The molecule has 2 N–H and O–H groups in total. The van der Waals surface area contributed by atoms with Crippen molar-refractivity contribution in [2.75, 3.05) is 6.54 Å². The molecule has 0 spiro atoms. The first kappa shape index (κ1) is 17.5. The molecule has 1 aromatic rings. The lowest BCUT2D eigenvalue weighted by molar-refractivity contribution is -0.123. The van der Waals surface area contributed by atoms with Gasteiger partial charge in [-0.15, -0.1) is 0 Å². The summed E-state index contributed by atoms with van der Waals surface area (Å²) in [5.74, 6) is -0.567. The maximum Gasteiger partial charge on any atom is 0.255 e. The number of amides is 2. The number of nitrogens with two attached hydrogens (primary N) is 1. The van der Waals surface area contributed by atoms with Gasteiger partial charge in [0.25, 0.3) is 5.91 Å². The summed E-state index contributed by atoms with van der Waals surface area (Å²) in [6.07, 6.45) is 2.85. The van der Waals surface area contributed by atoms with Gasteiger partial charge in [0.1, 0.15) is 5.02 Å². The zero-order valence-electron chi connectivity index (χ0n) is 13.6. The molecule has 1 aliphatic rings. The van der Waals surface area contributed by atoms with Crippen molar-refractivity contribution in [3.63, 3.8) is 0 Å². The molecule has 2 heterocycles. The average Bonchev–Trinajstić information content (AvgIpc) is 2.48. The van der Waals surface area contributed by atoms with Crippen molar-refractivity contribution >= 4 is 23.4 Å². The molecular weight excluding hydrogens is 318 g/mol. The summed E-state index contributed by atoms with van der Waals surface area (Å²) < 4.78 is 5.47. The summed E-state index contributed by atoms with van der Waals surface area (Å²) in [6.45, 7) is 6.03. The Bertz CT molecular complexity index is 606. The lowest BCUT2D eigenvalue weighted by Gasteiger charge is -2.36. The third kappa shape index (κ3) is 4.13. The van der Waals surface area contributed by atoms with Crippen LogP contribution in [0, 0.1) is 5.92 Å². The number of nitrogens with zero attached hydrogens (tertiary/aromatic N) is 2. The van der Waals surface area contributed by atoms with E-state index in [1.54, 1.807) is 11.0 Å². The van der Waals surface area contributed by atoms with E-state index in [9.17, 15) is 9.59 Å². The molecule has 0 saturated carbocycles. The van der Waals surface area contributed by atoms with Crippen LogP contribution in [0.5, 0.6) is 5.88 Å². The predicted molar refractivity (Wildman–Crippen MR) is 87.4 cm³/mol. The highest BCUT2D eigenvalue weighted by Gasteiger charge is 2.32. The third-order valence-electron chi connectivity index (χ3n) is 3.95. The second kappa shape index (κ2) is 7.17. The minimum absolute atomic E-state index is 0.0449. The van der Waals surface area contributed by atoms with Crippen LogP contribution in [0.3, 0.4) is 0 Å². The van der Waals surface area contributed by atoms with E-state index in [1.165, 1.54) is 6.20 Å². The Hall–Kier alpha value is -1.82. The molecule has 1 aromatic heterocycles. The van der Waals surface area contributed by atoms with E-state index in [0.717, 1.165) is 6.42 Å². The van der Waals surface area contributed by atoms with Crippen molar-refractivity contribution in [2.45, 2.75) is 45.8 Å². The van der Waals surface area contributed by atoms with Crippen LogP contribution < -0.4 is 10.5 Å². The van der Waals surface area contributed by atoms with Gasteiger partial charge in [-0.05, 0) is 39.7 Å². The zero-order chi connectivity index (χ0) is 17.1. The molecular formula is C16H22ClN3O3. The number of ether oxygens (including phenoxy) is 1. The Labute approximate surface area is 140 Å². The van der Waals surface area contributed by atoms with Crippen molar-refractivity contribution in [3.8, 4) is 5.88 Å². The van der Waals surface area contributed by atoms with Gasteiger partial charge in [0, 0.05) is 18.8 Å². The molecule has 2 atom stereocenters. The molecule has 2 rings (SSSR count). The van der Waals surface area contributed by atoms with Gasteiger partial charge in [-0.1, -0.05) is 11.6 Å². The molecule has 6 nitrogen and oxygen atoms in total. The summed E-state index contributed by atoms with van der Waals surface area (Å²) in [6, 6.07) is 1.60. The molecule has 1 aliphatic heterocycles. The summed E-state index contributed by atoms with van der Waals surface area (Å²) in [5, 5.41) is 0.292. The SMILES string of the molecule is CC(C)Oc1ncc(C(=O)N2C[C@H](C(N)=O)CC[C@H]2C)cc1Cl. The lowest BCUT2D eigenvalue weighted by Crippen LogP contribution is -2.48. The molecule has 0 bridgehead atoms. The summed E-state index contributed by atoms with van der Waals surface area (Å²) in [4.78, 5) is 29.9. The van der Waals surface area contributed by atoms with Gasteiger partial charge in [0.15, 0.2) is 0 Å².